The smallest absolute Gasteiger partial charge is 0.0821 e. The van der Waals surface area contributed by atoms with Crippen LogP contribution in [0.2, 0.25) is 0 Å². The Morgan fingerprint density at radius 3 is 2.18 bits per heavy atom. The highest BCUT2D eigenvalue weighted by Gasteiger charge is 2.34. The molecule has 1 fully saturated rings. The Balaban J connectivity index is 2.55. The average Bonchev–Trinajstić information content (AvgIpc) is 2.07. The first-order valence-corrected chi connectivity index (χ1v) is 4.72. The highest BCUT2D eigenvalue weighted by Crippen LogP contribution is 2.31. The van der Waals surface area contributed by atoms with Gasteiger partial charge in [-0.2, -0.15) is 0 Å². The zero-order valence-corrected chi connectivity index (χ0v) is 8.88. The molecule has 3 heteroatoms. The maximum Gasteiger partial charge on any atom is 0.0821 e. The van der Waals surface area contributed by atoms with E-state index in [2.05, 4.69) is 34.9 Å². The molecule has 2 atom stereocenters. The Bertz CT molecular complexity index is 151. The fourth-order valence-electron chi connectivity index (χ4n) is 1.43. The van der Waals surface area contributed by atoms with Crippen LogP contribution in [0.3, 0.4) is 0 Å². The minimum atomic E-state index is -0.0344. The third kappa shape index (κ3) is 2.45. The van der Waals surface area contributed by atoms with Crippen molar-refractivity contribution in [2.45, 2.75) is 37.8 Å². The predicted molar refractivity (Wildman–Crippen MR) is 54.1 cm³/mol. The minimum Gasteiger partial charge on any atom is -0.298 e. The second kappa shape index (κ2) is 2.74. The van der Waals surface area contributed by atoms with E-state index in [0.717, 1.165) is 19.5 Å². The van der Waals surface area contributed by atoms with Crippen molar-refractivity contribution >= 4 is 17.1 Å². The van der Waals surface area contributed by atoms with Crippen molar-refractivity contribution in [1.29, 1.82) is 0 Å². The largest absolute Gasteiger partial charge is 0.298 e. The normalized spacial score (nSPS) is 34.5. The van der Waals surface area contributed by atoms with E-state index in [-0.39, 0.29) is 10.6 Å². The number of rotatable bonds is 0. The van der Waals surface area contributed by atoms with Crippen LogP contribution in [0.1, 0.15) is 27.2 Å². The Morgan fingerprint density at radius 1 is 1.45 bits per heavy atom. The molecule has 0 bridgehead atoms. The summed E-state index contributed by atoms with van der Waals surface area (Å²) in [7, 11) is 8.73. The summed E-state index contributed by atoms with van der Waals surface area (Å²) >= 11 is 0. The highest BCUT2D eigenvalue weighted by molar-refractivity contribution is 7.22. The number of likely N-dealkylation sites (tertiary alicyclic amines) is 1. The molecule has 0 aromatic carbocycles. The zero-order chi connectivity index (χ0) is 8.70. The van der Waals surface area contributed by atoms with Crippen LogP contribution < -0.4 is 0 Å². The molecule has 2 unspecified atom stereocenters. The fourth-order valence-corrected chi connectivity index (χ4v) is 1.78. The van der Waals surface area contributed by atoms with Crippen LogP contribution in [0.25, 0.3) is 0 Å². The molecule has 0 N–H and O–H groups in total. The van der Waals surface area contributed by atoms with Gasteiger partial charge in [0, 0.05) is 5.54 Å². The lowest BCUT2D eigenvalue weighted by molar-refractivity contribution is 0.174. The summed E-state index contributed by atoms with van der Waals surface area (Å²) in [6.07, 6.45) is 1.09. The summed E-state index contributed by atoms with van der Waals surface area (Å²) in [6.45, 7) is 8.84. The van der Waals surface area contributed by atoms with Crippen molar-refractivity contribution < 1.29 is 0 Å². The van der Waals surface area contributed by atoms with E-state index in [1.165, 1.54) is 0 Å². The minimum absolute atomic E-state index is 0.0344. The van der Waals surface area contributed by atoms with Gasteiger partial charge < -0.3 is 0 Å². The molecule has 0 saturated carbocycles. The van der Waals surface area contributed by atoms with Gasteiger partial charge >= 0.3 is 0 Å². The molecule has 1 heterocycles. The van der Waals surface area contributed by atoms with Gasteiger partial charge in [-0.25, -0.2) is 0 Å². The van der Waals surface area contributed by atoms with Gasteiger partial charge in [0.2, 0.25) is 0 Å². The molecule has 1 aliphatic heterocycles. The van der Waals surface area contributed by atoms with Crippen molar-refractivity contribution in [3.8, 4) is 0 Å². The maximum absolute atomic E-state index is 5.99. The molecule has 1 saturated heterocycles. The summed E-state index contributed by atoms with van der Waals surface area (Å²) in [5, 5.41) is -0.0344. The van der Waals surface area contributed by atoms with E-state index in [1.807, 2.05) is 0 Å². The van der Waals surface area contributed by atoms with E-state index in [9.17, 15) is 0 Å². The van der Waals surface area contributed by atoms with Crippen LogP contribution >= 0.6 is 9.24 Å². The second-order valence-corrected chi connectivity index (χ2v) is 5.73. The molecule has 62 valence electrons. The fraction of sp³-hybridized carbons (Fsp3) is 1.00. The predicted octanol–water partition coefficient (Wildman–Crippen LogP) is 1.23. The molecular weight excluding hydrogens is 152 g/mol. The molecule has 0 aliphatic carbocycles. The third-order valence-electron chi connectivity index (χ3n) is 2.28. The van der Waals surface area contributed by atoms with Gasteiger partial charge in [0.05, 0.1) is 7.85 Å². The molecule has 0 aromatic heterocycles. The van der Waals surface area contributed by atoms with Crippen LogP contribution in [0.4, 0.5) is 0 Å². The lowest BCUT2D eigenvalue weighted by Gasteiger charge is -2.32. The highest BCUT2D eigenvalue weighted by atomic mass is 31.0. The van der Waals surface area contributed by atoms with Gasteiger partial charge in [-0.15, -0.1) is 9.24 Å². The molecular formula is C8H17BNP. The van der Waals surface area contributed by atoms with Crippen LogP contribution in [0.5, 0.6) is 0 Å². The summed E-state index contributed by atoms with van der Waals surface area (Å²) in [5.74, 6) is 0. The Kier molecular flexibility index (Phi) is 2.38. The van der Waals surface area contributed by atoms with Gasteiger partial charge in [0.25, 0.3) is 0 Å². The summed E-state index contributed by atoms with van der Waals surface area (Å²) in [6, 6.07) is 0. The topological polar surface area (TPSA) is 3.24 Å². The van der Waals surface area contributed by atoms with Crippen molar-refractivity contribution in [3.05, 3.63) is 0 Å². The van der Waals surface area contributed by atoms with E-state index in [4.69, 9.17) is 7.85 Å². The van der Waals surface area contributed by atoms with Gasteiger partial charge in [-0.05, 0) is 45.3 Å². The maximum atomic E-state index is 5.99. The molecule has 1 aliphatic rings. The Morgan fingerprint density at radius 2 is 2.00 bits per heavy atom. The molecule has 1 nitrogen and oxygen atoms in total. The molecule has 1 rings (SSSR count). The second-order valence-electron chi connectivity index (χ2n) is 4.58. The van der Waals surface area contributed by atoms with Crippen molar-refractivity contribution in [3.63, 3.8) is 0 Å². The quantitative estimate of drug-likeness (QED) is 0.389. The van der Waals surface area contributed by atoms with Gasteiger partial charge in [0.15, 0.2) is 0 Å². The van der Waals surface area contributed by atoms with E-state index in [0.29, 0.717) is 0 Å². The Labute approximate surface area is 73.5 Å². The average molecular weight is 169 g/mol. The van der Waals surface area contributed by atoms with Gasteiger partial charge in [0.1, 0.15) is 0 Å². The molecule has 2 radical (unpaired) electrons. The summed E-state index contributed by atoms with van der Waals surface area (Å²) < 4.78 is 0. The SMILES string of the molecule is [B]C1(P)CCN(C(C)(C)C)C1. The van der Waals surface area contributed by atoms with Crippen molar-refractivity contribution in [2.75, 3.05) is 13.1 Å². The molecule has 0 amide bonds. The zero-order valence-electron chi connectivity index (χ0n) is 7.72. The summed E-state index contributed by atoms with van der Waals surface area (Å²) in [5.41, 5.74) is 0.275. The third-order valence-corrected chi connectivity index (χ3v) is 2.75. The van der Waals surface area contributed by atoms with E-state index < -0.39 is 0 Å². The standard InChI is InChI=1S/C8H17BNP/c1-7(2,3)10-5-4-8(9,11)6-10/h4-6,11H2,1-3H3. The first-order chi connectivity index (χ1) is 4.81. The number of hydrogen-bond acceptors (Lipinski definition) is 1. The first kappa shape index (κ1) is 9.54. The summed E-state index contributed by atoms with van der Waals surface area (Å²) in [4.78, 5) is 2.43. The van der Waals surface area contributed by atoms with Crippen LogP contribution in [0, 0.1) is 0 Å². The van der Waals surface area contributed by atoms with E-state index in [1.54, 1.807) is 0 Å². The van der Waals surface area contributed by atoms with Crippen LogP contribution in [-0.4, -0.2) is 36.4 Å². The van der Waals surface area contributed by atoms with Crippen molar-refractivity contribution in [1.82, 2.24) is 4.90 Å². The van der Waals surface area contributed by atoms with Gasteiger partial charge in [-0.3, -0.25) is 4.90 Å². The number of nitrogens with zero attached hydrogens (tertiary/aromatic N) is 1. The number of hydrogen-bond donors (Lipinski definition) is 0. The lowest BCUT2D eigenvalue weighted by Crippen LogP contribution is -2.41. The van der Waals surface area contributed by atoms with Crippen molar-refractivity contribution in [2.24, 2.45) is 0 Å². The monoisotopic (exact) mass is 169 g/mol. The van der Waals surface area contributed by atoms with Gasteiger partial charge in [-0.1, -0.05) is 0 Å². The molecule has 0 aromatic rings. The van der Waals surface area contributed by atoms with E-state index >= 15 is 0 Å². The first-order valence-electron chi connectivity index (χ1n) is 4.14. The van der Waals surface area contributed by atoms with Crippen LogP contribution in [0.15, 0.2) is 0 Å². The molecule has 0 spiro atoms. The molecule has 11 heavy (non-hydrogen) atoms. The van der Waals surface area contributed by atoms with Crippen LogP contribution in [-0.2, 0) is 0 Å². The lowest BCUT2D eigenvalue weighted by atomic mass is 9.85. The Hall–Kier alpha value is 0.455.